The molecule has 1 aliphatic rings. The lowest BCUT2D eigenvalue weighted by Crippen LogP contribution is -2.30. The summed E-state index contributed by atoms with van der Waals surface area (Å²) >= 11 is 0. The van der Waals surface area contributed by atoms with Gasteiger partial charge in [-0.05, 0) is 62.9 Å². The Kier molecular flexibility index (Phi) is 6.58. The Hall–Kier alpha value is -2.53. The van der Waals surface area contributed by atoms with Crippen LogP contribution >= 0.6 is 0 Å². The van der Waals surface area contributed by atoms with E-state index >= 15 is 0 Å². The number of nitrogens with zero attached hydrogens (tertiary/aromatic N) is 3. The summed E-state index contributed by atoms with van der Waals surface area (Å²) in [6, 6.07) is 17.3. The fourth-order valence-corrected chi connectivity index (χ4v) is 4.86. The molecule has 0 N–H and O–H groups in total. The Morgan fingerprint density at radius 3 is 2.50 bits per heavy atom. The number of aromatic nitrogens is 2. The Bertz CT molecular complexity index is 932. The molecule has 158 valence electrons. The van der Waals surface area contributed by atoms with E-state index in [1.54, 1.807) is 6.07 Å². The molecule has 0 bridgehead atoms. The molecule has 3 aromatic rings. The summed E-state index contributed by atoms with van der Waals surface area (Å²) in [6.45, 7) is 0. The maximum atomic E-state index is 13.8. The zero-order valence-electron chi connectivity index (χ0n) is 17.8. The van der Waals surface area contributed by atoms with Gasteiger partial charge in [0.05, 0.1) is 0 Å². The first-order chi connectivity index (χ1) is 14.6. The van der Waals surface area contributed by atoms with Crippen LogP contribution < -0.4 is 0 Å². The molecule has 5 heteroatoms. The van der Waals surface area contributed by atoms with Crippen molar-refractivity contribution < 1.29 is 8.91 Å². The predicted molar refractivity (Wildman–Crippen MR) is 116 cm³/mol. The maximum absolute atomic E-state index is 13.8. The molecule has 0 saturated heterocycles. The van der Waals surface area contributed by atoms with Gasteiger partial charge in [0.1, 0.15) is 5.82 Å². The van der Waals surface area contributed by atoms with Crippen molar-refractivity contribution in [2.24, 2.45) is 11.8 Å². The van der Waals surface area contributed by atoms with E-state index in [2.05, 4.69) is 35.2 Å². The first-order valence-corrected chi connectivity index (χ1v) is 10.9. The fraction of sp³-hybridized carbons (Fsp3) is 0.440. The summed E-state index contributed by atoms with van der Waals surface area (Å²) in [7, 11) is 4.20. The van der Waals surface area contributed by atoms with Crippen LogP contribution in [-0.4, -0.2) is 29.1 Å². The molecule has 2 aromatic carbocycles. The number of rotatable bonds is 7. The zero-order chi connectivity index (χ0) is 20.9. The topological polar surface area (TPSA) is 42.2 Å². The molecule has 0 spiro atoms. The van der Waals surface area contributed by atoms with Crippen LogP contribution in [-0.2, 0) is 6.42 Å². The molecule has 30 heavy (non-hydrogen) atoms. The number of aryl methyl sites for hydroxylation is 1. The minimum atomic E-state index is -0.150. The molecule has 1 saturated carbocycles. The van der Waals surface area contributed by atoms with Gasteiger partial charge in [-0.15, -0.1) is 0 Å². The van der Waals surface area contributed by atoms with Crippen LogP contribution in [0, 0.1) is 17.7 Å². The van der Waals surface area contributed by atoms with Crippen LogP contribution in [0.15, 0.2) is 59.1 Å². The van der Waals surface area contributed by atoms with Crippen molar-refractivity contribution in [1.82, 2.24) is 15.0 Å². The van der Waals surface area contributed by atoms with Gasteiger partial charge in [0.2, 0.25) is 11.7 Å². The number of halogens is 1. The second-order valence-electron chi connectivity index (χ2n) is 8.66. The molecule has 1 aromatic heterocycles. The summed E-state index contributed by atoms with van der Waals surface area (Å²) in [5.41, 5.74) is 2.07. The monoisotopic (exact) mass is 407 g/mol. The normalized spacial score (nSPS) is 20.4. The van der Waals surface area contributed by atoms with Crippen molar-refractivity contribution >= 4 is 0 Å². The Labute approximate surface area is 178 Å². The van der Waals surface area contributed by atoms with Crippen LogP contribution in [0.25, 0.3) is 11.4 Å². The third-order valence-corrected chi connectivity index (χ3v) is 6.35. The van der Waals surface area contributed by atoms with Gasteiger partial charge in [-0.2, -0.15) is 4.98 Å². The maximum Gasteiger partial charge on any atom is 0.226 e. The first kappa shape index (κ1) is 20.7. The van der Waals surface area contributed by atoms with Crippen molar-refractivity contribution in [2.45, 2.75) is 44.6 Å². The third-order valence-electron chi connectivity index (χ3n) is 6.35. The molecular formula is C25H30FN3O. The molecule has 1 unspecified atom stereocenters. The van der Waals surface area contributed by atoms with Crippen molar-refractivity contribution in [1.29, 1.82) is 0 Å². The van der Waals surface area contributed by atoms with E-state index in [0.717, 1.165) is 29.9 Å². The van der Waals surface area contributed by atoms with E-state index in [1.165, 1.54) is 31.7 Å². The average Bonchev–Trinajstić information content (AvgIpc) is 3.23. The Balaban J connectivity index is 1.31. The molecule has 1 atom stereocenters. The molecular weight excluding hydrogens is 377 g/mol. The van der Waals surface area contributed by atoms with Crippen LogP contribution in [0.4, 0.5) is 4.39 Å². The highest BCUT2D eigenvalue weighted by molar-refractivity contribution is 5.53. The van der Waals surface area contributed by atoms with Gasteiger partial charge in [0.25, 0.3) is 0 Å². The minimum absolute atomic E-state index is 0.150. The molecule has 4 nitrogen and oxygen atoms in total. The van der Waals surface area contributed by atoms with Crippen LogP contribution in [0.5, 0.6) is 0 Å². The van der Waals surface area contributed by atoms with E-state index in [4.69, 9.17) is 4.52 Å². The van der Waals surface area contributed by atoms with Crippen molar-refractivity contribution in [2.75, 3.05) is 14.1 Å². The molecule has 0 aliphatic heterocycles. The van der Waals surface area contributed by atoms with Crippen molar-refractivity contribution in [3.8, 4) is 11.4 Å². The van der Waals surface area contributed by atoms with Crippen molar-refractivity contribution in [3.05, 3.63) is 71.9 Å². The van der Waals surface area contributed by atoms with Gasteiger partial charge >= 0.3 is 0 Å². The summed E-state index contributed by atoms with van der Waals surface area (Å²) in [5.74, 6) is 2.48. The lowest BCUT2D eigenvalue weighted by molar-refractivity contribution is 0.145. The van der Waals surface area contributed by atoms with Crippen molar-refractivity contribution in [3.63, 3.8) is 0 Å². The van der Waals surface area contributed by atoms with Crippen LogP contribution in [0.3, 0.4) is 0 Å². The SMILES string of the molecule is CN(C)C(c1cccc(F)c1)C1CCC(CCc2nc(-c3ccccc3)no2)CC1. The first-order valence-electron chi connectivity index (χ1n) is 10.9. The molecule has 1 aliphatic carbocycles. The Morgan fingerprint density at radius 2 is 1.80 bits per heavy atom. The summed E-state index contributed by atoms with van der Waals surface area (Å²) in [5, 5.41) is 4.12. The highest BCUT2D eigenvalue weighted by Crippen LogP contribution is 2.40. The van der Waals surface area contributed by atoms with Crippen LogP contribution in [0.2, 0.25) is 0 Å². The van der Waals surface area contributed by atoms with Gasteiger partial charge in [-0.25, -0.2) is 4.39 Å². The van der Waals surface area contributed by atoms with E-state index < -0.39 is 0 Å². The predicted octanol–water partition coefficient (Wildman–Crippen LogP) is 5.92. The van der Waals surface area contributed by atoms with E-state index in [1.807, 2.05) is 36.4 Å². The van der Waals surface area contributed by atoms with E-state index in [0.29, 0.717) is 17.7 Å². The highest BCUT2D eigenvalue weighted by Gasteiger charge is 2.30. The van der Waals surface area contributed by atoms with E-state index in [-0.39, 0.29) is 11.9 Å². The van der Waals surface area contributed by atoms with Gasteiger partial charge < -0.3 is 9.42 Å². The molecule has 1 heterocycles. The molecule has 4 rings (SSSR count). The smallest absolute Gasteiger partial charge is 0.226 e. The quantitative estimate of drug-likeness (QED) is 0.488. The molecule has 1 fully saturated rings. The van der Waals surface area contributed by atoms with Gasteiger partial charge in [-0.1, -0.05) is 60.5 Å². The van der Waals surface area contributed by atoms with Gasteiger partial charge in [-0.3, -0.25) is 0 Å². The second kappa shape index (κ2) is 9.52. The highest BCUT2D eigenvalue weighted by atomic mass is 19.1. The summed E-state index contributed by atoms with van der Waals surface area (Å²) in [4.78, 5) is 6.80. The summed E-state index contributed by atoms with van der Waals surface area (Å²) < 4.78 is 19.2. The minimum Gasteiger partial charge on any atom is -0.339 e. The fourth-order valence-electron chi connectivity index (χ4n) is 4.86. The standard InChI is InChI=1S/C25H30FN3O/c1-29(2)24(21-9-6-10-22(26)17-21)19-14-11-18(12-15-19)13-16-23-27-25(28-30-23)20-7-4-3-5-8-20/h3-10,17-19,24H,11-16H2,1-2H3. The van der Waals surface area contributed by atoms with Crippen LogP contribution in [0.1, 0.15) is 49.6 Å². The Morgan fingerprint density at radius 1 is 1.03 bits per heavy atom. The molecule has 0 amide bonds. The van der Waals surface area contributed by atoms with Gasteiger partial charge in [0.15, 0.2) is 0 Å². The number of benzene rings is 2. The van der Waals surface area contributed by atoms with Gasteiger partial charge in [0, 0.05) is 18.0 Å². The lowest BCUT2D eigenvalue weighted by atomic mass is 9.75. The zero-order valence-corrected chi connectivity index (χ0v) is 17.8. The number of hydrogen-bond acceptors (Lipinski definition) is 4. The lowest BCUT2D eigenvalue weighted by Gasteiger charge is -2.37. The number of hydrogen-bond donors (Lipinski definition) is 0. The largest absolute Gasteiger partial charge is 0.339 e. The van der Waals surface area contributed by atoms with E-state index in [9.17, 15) is 4.39 Å². The summed E-state index contributed by atoms with van der Waals surface area (Å²) in [6.07, 6.45) is 6.65. The molecule has 0 radical (unpaired) electrons. The second-order valence-corrected chi connectivity index (χ2v) is 8.66. The third kappa shape index (κ3) is 4.96. The average molecular weight is 408 g/mol.